The molecule has 5 heteroatoms. The van der Waals surface area contributed by atoms with Crippen molar-refractivity contribution in [2.45, 2.75) is 5.92 Å². The number of carbonyl (C=O) groups is 1. The van der Waals surface area contributed by atoms with Gasteiger partial charge in [0.2, 0.25) is 0 Å². The van der Waals surface area contributed by atoms with E-state index in [1.807, 2.05) is 24.3 Å². The first-order valence-electron chi connectivity index (χ1n) is 10.1. The van der Waals surface area contributed by atoms with E-state index in [1.165, 1.54) is 28.0 Å². The molecule has 0 radical (unpaired) electrons. The number of amides is 1. The van der Waals surface area contributed by atoms with Gasteiger partial charge < -0.3 is 9.97 Å². The number of hydroxylamine groups is 1. The number of aromatic amines is 2. The van der Waals surface area contributed by atoms with Crippen molar-refractivity contribution in [1.29, 1.82) is 0 Å². The number of rotatable bonds is 5. The zero-order valence-corrected chi connectivity index (χ0v) is 16.7. The number of H-pyrrole nitrogens is 2. The van der Waals surface area contributed by atoms with E-state index in [2.05, 4.69) is 70.9 Å². The van der Waals surface area contributed by atoms with Gasteiger partial charge in [0, 0.05) is 46.2 Å². The monoisotopic (exact) mass is 407 g/mol. The molecule has 0 fully saturated rings. The van der Waals surface area contributed by atoms with Crippen molar-refractivity contribution in [3.05, 3.63) is 114 Å². The minimum absolute atomic E-state index is 0.0334. The lowest BCUT2D eigenvalue weighted by molar-refractivity contribution is -0.124. The van der Waals surface area contributed by atoms with E-state index in [1.54, 1.807) is 11.6 Å². The average Bonchev–Trinajstić information content (AvgIpc) is 3.44. The van der Waals surface area contributed by atoms with Crippen molar-refractivity contribution in [2.24, 2.45) is 0 Å². The molecule has 2 heterocycles. The van der Waals surface area contributed by atoms with Gasteiger partial charge in [-0.2, -0.15) is 0 Å². The molecule has 5 rings (SSSR count). The van der Waals surface area contributed by atoms with E-state index in [4.69, 9.17) is 5.21 Å². The maximum absolute atomic E-state index is 11.3. The molecule has 0 saturated carbocycles. The molecule has 0 spiro atoms. The fraction of sp³-hybridized carbons (Fsp3) is 0.0385. The van der Waals surface area contributed by atoms with E-state index in [0.29, 0.717) is 0 Å². The number of hydrogen-bond acceptors (Lipinski definition) is 2. The quantitative estimate of drug-likeness (QED) is 0.180. The van der Waals surface area contributed by atoms with Crippen molar-refractivity contribution in [2.75, 3.05) is 0 Å². The number of benzene rings is 3. The second-order valence-electron chi connectivity index (χ2n) is 7.49. The molecule has 1 amide bonds. The minimum atomic E-state index is -0.556. The average molecular weight is 407 g/mol. The third kappa shape index (κ3) is 3.52. The van der Waals surface area contributed by atoms with Crippen LogP contribution in [-0.4, -0.2) is 21.1 Å². The Kier molecular flexibility index (Phi) is 4.86. The lowest BCUT2D eigenvalue weighted by Gasteiger charge is -2.18. The first-order chi connectivity index (χ1) is 15.2. The highest BCUT2D eigenvalue weighted by Gasteiger charge is 2.23. The number of carbonyl (C=O) groups excluding carboxylic acids is 1. The highest BCUT2D eigenvalue weighted by atomic mass is 16.5. The summed E-state index contributed by atoms with van der Waals surface area (Å²) in [5, 5.41) is 11.0. The summed E-state index contributed by atoms with van der Waals surface area (Å²) in [4.78, 5) is 18.1. The topological polar surface area (TPSA) is 80.9 Å². The van der Waals surface area contributed by atoms with E-state index >= 15 is 0 Å². The number of hydrogen-bond donors (Lipinski definition) is 4. The number of aromatic nitrogens is 2. The molecule has 0 bridgehead atoms. The van der Waals surface area contributed by atoms with Gasteiger partial charge in [0.25, 0.3) is 5.91 Å². The van der Waals surface area contributed by atoms with Gasteiger partial charge in [-0.15, -0.1) is 0 Å². The third-order valence-corrected chi connectivity index (χ3v) is 5.67. The van der Waals surface area contributed by atoms with Crippen molar-refractivity contribution in [3.8, 4) is 0 Å². The van der Waals surface area contributed by atoms with Gasteiger partial charge in [0.15, 0.2) is 0 Å². The Bertz CT molecular complexity index is 1320. The van der Waals surface area contributed by atoms with Crippen LogP contribution in [0.5, 0.6) is 0 Å². The molecule has 152 valence electrons. The molecule has 0 saturated heterocycles. The predicted octanol–water partition coefficient (Wildman–Crippen LogP) is 5.35. The zero-order valence-electron chi connectivity index (χ0n) is 16.7. The molecule has 0 aliphatic rings. The Labute approximate surface area is 179 Å². The molecule has 0 aliphatic carbocycles. The normalized spacial score (nSPS) is 11.7. The van der Waals surface area contributed by atoms with Crippen molar-refractivity contribution in [3.63, 3.8) is 0 Å². The molecule has 4 N–H and O–H groups in total. The molecule has 0 atom stereocenters. The van der Waals surface area contributed by atoms with Gasteiger partial charge in [0.05, 0.1) is 0 Å². The second kappa shape index (κ2) is 7.97. The van der Waals surface area contributed by atoms with Crippen LogP contribution in [0.1, 0.15) is 28.2 Å². The molecule has 31 heavy (non-hydrogen) atoms. The van der Waals surface area contributed by atoms with Crippen LogP contribution in [0.3, 0.4) is 0 Å². The Morgan fingerprint density at radius 3 is 1.90 bits per heavy atom. The molecule has 0 aliphatic heterocycles. The van der Waals surface area contributed by atoms with Gasteiger partial charge in [-0.1, -0.05) is 60.7 Å². The first-order valence-corrected chi connectivity index (χ1v) is 10.1. The zero-order chi connectivity index (χ0) is 21.2. The van der Waals surface area contributed by atoms with Crippen LogP contribution in [0.15, 0.2) is 91.3 Å². The summed E-state index contributed by atoms with van der Waals surface area (Å²) < 4.78 is 0. The highest BCUT2D eigenvalue weighted by molar-refractivity contribution is 5.91. The Morgan fingerprint density at radius 1 is 0.806 bits per heavy atom. The molecule has 3 aromatic carbocycles. The van der Waals surface area contributed by atoms with Crippen LogP contribution in [0.25, 0.3) is 27.9 Å². The fourth-order valence-electron chi connectivity index (χ4n) is 4.20. The summed E-state index contributed by atoms with van der Waals surface area (Å²) in [6, 6.07) is 24.8. The highest BCUT2D eigenvalue weighted by Crippen LogP contribution is 2.39. The molecule has 0 unspecified atom stereocenters. The largest absolute Gasteiger partial charge is 0.361 e. The lowest BCUT2D eigenvalue weighted by atomic mass is 9.84. The lowest BCUT2D eigenvalue weighted by Crippen LogP contribution is -2.14. The van der Waals surface area contributed by atoms with Crippen molar-refractivity contribution >= 4 is 33.8 Å². The predicted molar refractivity (Wildman–Crippen MR) is 123 cm³/mol. The maximum atomic E-state index is 11.3. The van der Waals surface area contributed by atoms with Crippen molar-refractivity contribution in [1.82, 2.24) is 15.4 Å². The molecule has 2 aromatic heterocycles. The molecular weight excluding hydrogens is 386 g/mol. The number of nitrogens with one attached hydrogen (secondary N) is 3. The van der Waals surface area contributed by atoms with Crippen LogP contribution in [-0.2, 0) is 4.79 Å². The van der Waals surface area contributed by atoms with Gasteiger partial charge >= 0.3 is 0 Å². The number of fused-ring (bicyclic) bond motifs is 2. The fourth-order valence-corrected chi connectivity index (χ4v) is 4.20. The maximum Gasteiger partial charge on any atom is 0.267 e. The third-order valence-electron chi connectivity index (χ3n) is 5.67. The summed E-state index contributed by atoms with van der Waals surface area (Å²) >= 11 is 0. The van der Waals surface area contributed by atoms with Gasteiger partial charge in [-0.05, 0) is 40.5 Å². The van der Waals surface area contributed by atoms with Crippen molar-refractivity contribution < 1.29 is 10.0 Å². The standard InChI is InChI=1S/C26H21N3O2/c30-25(29-31)14-11-17-9-12-18(13-10-17)26(21-15-27-23-7-3-1-5-19(21)23)22-16-28-24-8-4-2-6-20(22)24/h1-16,26-28,31H,(H,29,30). The van der Waals surface area contributed by atoms with Crippen LogP contribution >= 0.6 is 0 Å². The van der Waals surface area contributed by atoms with Gasteiger partial charge in [-0.3, -0.25) is 10.0 Å². The van der Waals surface area contributed by atoms with E-state index in [9.17, 15) is 4.79 Å². The Morgan fingerprint density at radius 2 is 1.35 bits per heavy atom. The van der Waals surface area contributed by atoms with E-state index < -0.39 is 5.91 Å². The van der Waals surface area contributed by atoms with Gasteiger partial charge in [0.1, 0.15) is 0 Å². The van der Waals surface area contributed by atoms with Crippen LogP contribution in [0.2, 0.25) is 0 Å². The summed E-state index contributed by atoms with van der Waals surface area (Å²) in [5.41, 5.74) is 8.27. The summed E-state index contributed by atoms with van der Waals surface area (Å²) in [6.07, 6.45) is 7.15. The Hall–Kier alpha value is -4.09. The SMILES string of the molecule is O=C(C=Cc1ccc(C(c2c[nH]c3ccccc23)c2c[nH]c3ccccc23)cc1)NO. The molecular formula is C26H21N3O2. The molecule has 5 nitrogen and oxygen atoms in total. The van der Waals surface area contributed by atoms with Crippen LogP contribution < -0.4 is 5.48 Å². The van der Waals surface area contributed by atoms with E-state index in [-0.39, 0.29) is 5.92 Å². The van der Waals surface area contributed by atoms with E-state index in [0.717, 1.165) is 22.2 Å². The molecule has 5 aromatic rings. The summed E-state index contributed by atoms with van der Waals surface area (Å²) in [7, 11) is 0. The Balaban J connectivity index is 1.64. The number of para-hydroxylation sites is 2. The first kappa shape index (κ1) is 18.9. The smallest absolute Gasteiger partial charge is 0.267 e. The second-order valence-corrected chi connectivity index (χ2v) is 7.49. The van der Waals surface area contributed by atoms with Crippen LogP contribution in [0.4, 0.5) is 0 Å². The minimum Gasteiger partial charge on any atom is -0.361 e. The summed E-state index contributed by atoms with van der Waals surface area (Å²) in [6.45, 7) is 0. The van der Waals surface area contributed by atoms with Crippen LogP contribution in [0, 0.1) is 0 Å². The summed E-state index contributed by atoms with van der Waals surface area (Å²) in [5.74, 6) is -0.523. The van der Waals surface area contributed by atoms with Gasteiger partial charge in [-0.25, -0.2) is 5.48 Å².